The minimum absolute atomic E-state index is 0. The molecule has 0 saturated carbocycles. The van der Waals surface area contributed by atoms with Gasteiger partial charge in [0.15, 0.2) is 0 Å². The Morgan fingerprint density at radius 3 is 1.25 bits per heavy atom. The maximum absolute atomic E-state index is 6.25. The summed E-state index contributed by atoms with van der Waals surface area (Å²) in [6.45, 7) is 4.75. The molecule has 0 aromatic rings. The van der Waals surface area contributed by atoms with Crippen LogP contribution in [0.3, 0.4) is 0 Å². The van der Waals surface area contributed by atoms with E-state index in [1.54, 1.807) is 0 Å². The van der Waals surface area contributed by atoms with Gasteiger partial charge in [0.1, 0.15) is 0 Å². The Hall–Kier alpha value is 0.945. The van der Waals surface area contributed by atoms with Crippen molar-refractivity contribution in [2.75, 3.05) is 0 Å². The first-order valence-corrected chi connectivity index (χ1v) is 0.224. The van der Waals surface area contributed by atoms with Crippen LogP contribution in [0.1, 0.15) is 0 Å². The molecule has 4 heavy (non-hydrogen) atoms. The van der Waals surface area contributed by atoms with Gasteiger partial charge in [-0.05, 0) is 0 Å². The largest absolute Gasteiger partial charge is 0.512 e. The minimum atomic E-state index is 0. The van der Waals surface area contributed by atoms with Crippen LogP contribution in [0, 0.1) is 11.8 Å². The van der Waals surface area contributed by atoms with Gasteiger partial charge in [0.25, 0.3) is 0 Å². The topological polar surface area (TPSA) is 23.8 Å². The minimum Gasteiger partial charge on any atom is -0.512 e. The predicted octanol–water partition coefficient (Wildman–Crippen LogP) is 0.0914. The summed E-state index contributed by atoms with van der Waals surface area (Å²) < 4.78 is 0. The molecule has 0 aliphatic heterocycles. The van der Waals surface area contributed by atoms with E-state index in [1.807, 2.05) is 0 Å². The van der Waals surface area contributed by atoms with Gasteiger partial charge in [-0.25, -0.2) is 0 Å². The van der Waals surface area contributed by atoms with Gasteiger partial charge >= 0.3 is 0 Å². The first kappa shape index (κ1) is 20.3. The molecule has 20 valence electrons. The zero-order chi connectivity index (χ0) is 2.00. The van der Waals surface area contributed by atoms with Crippen LogP contribution in [0.2, 0.25) is 0 Å². The molecule has 0 radical (unpaired) electrons. The zero-order valence-corrected chi connectivity index (χ0v) is 8.61. The first-order chi connectivity index (χ1) is 1.00. The molecule has 0 aliphatic carbocycles. The Morgan fingerprint density at radius 2 is 1.25 bits per heavy atom. The van der Waals surface area contributed by atoms with Gasteiger partial charge in [0, 0.05) is 44.7 Å². The molecule has 0 aromatic heterocycles. The smallest absolute Gasteiger partial charge is 0 e. The fourth-order valence-corrected chi connectivity index (χ4v) is 0. The van der Waals surface area contributed by atoms with Crippen LogP contribution in [0.5, 0.6) is 0 Å². The molecule has 0 aromatic carbocycles. The van der Waals surface area contributed by atoms with Crippen LogP contribution in [0.15, 0.2) is 0 Å². The van der Waals surface area contributed by atoms with Gasteiger partial charge in [-0.15, -0.1) is 0 Å². The number of hydrogen-bond acceptors (Lipinski definition) is 1. The second kappa shape index (κ2) is 38.3. The molecule has 0 bridgehead atoms. The second-order valence-electron chi connectivity index (χ2n) is 0. The van der Waals surface area contributed by atoms with Crippen LogP contribution in [0.4, 0.5) is 0 Å². The average Bonchev–Trinajstić information content (AvgIpc) is 1.00. The number of rotatable bonds is 0. The van der Waals surface area contributed by atoms with Crippen molar-refractivity contribution in [3.8, 4) is 0 Å². The van der Waals surface area contributed by atoms with E-state index in [1.165, 1.54) is 0 Å². The van der Waals surface area contributed by atoms with Gasteiger partial charge in [-0.1, -0.05) is 0 Å². The van der Waals surface area contributed by atoms with Gasteiger partial charge in [-0.2, -0.15) is 0 Å². The predicted molar refractivity (Wildman–Crippen MR) is 4.97 cm³/mol. The van der Waals surface area contributed by atoms with Crippen molar-refractivity contribution in [3.63, 3.8) is 0 Å². The van der Waals surface area contributed by atoms with Crippen LogP contribution in [0.25, 0.3) is 0 Å². The normalized spacial score (nSPS) is 0.500. The van der Waals surface area contributed by atoms with Gasteiger partial charge in [0.05, 0.1) is 0 Å². The molecule has 0 fully saturated rings. The van der Waals surface area contributed by atoms with E-state index in [4.69, 9.17) is 11.8 Å². The van der Waals surface area contributed by atoms with Crippen molar-refractivity contribution in [3.05, 3.63) is 6.57 Å². The Balaban J connectivity index is -0.00000000500. The molecule has 0 N–H and O–H groups in total. The van der Waals surface area contributed by atoms with Gasteiger partial charge < -0.3 is 11.8 Å². The molecule has 1 nitrogen and oxygen atoms in total. The van der Waals surface area contributed by atoms with Crippen LogP contribution >= 0.6 is 0 Å². The number of nitrogens with zero attached hydrogens (tertiary/aromatic N) is 1. The van der Waals surface area contributed by atoms with Crippen LogP contribution < -0.4 is 0 Å². The first-order valence-electron chi connectivity index (χ1n) is 0.224. The molecule has 0 unspecified atom stereocenters. The van der Waals surface area contributed by atoms with Crippen molar-refractivity contribution in [2.45, 2.75) is 0 Å². The quantitative estimate of drug-likeness (QED) is 0.456. The molecule has 0 spiro atoms. The third-order valence-corrected chi connectivity index (χ3v) is 0. The van der Waals surface area contributed by atoms with Crippen molar-refractivity contribution >= 4 is 0 Å². The van der Waals surface area contributed by atoms with E-state index in [9.17, 15) is 0 Å². The number of hydrogen-bond donors (Lipinski definition) is 0. The summed E-state index contributed by atoms with van der Waals surface area (Å²) in [5.74, 6) is 0. The fraction of sp³-hybridized carbons (Fsp3) is 0. The van der Waals surface area contributed by atoms with Crippen molar-refractivity contribution in [2.24, 2.45) is 0 Å². The second-order valence-corrected chi connectivity index (χ2v) is 0. The molecular weight excluding hydrogens is 282 g/mol. The molecule has 0 rings (SSSR count). The van der Waals surface area contributed by atoms with Crippen molar-refractivity contribution in [1.82, 2.24) is 0 Å². The molecule has 0 amide bonds. The summed E-state index contributed by atoms with van der Waals surface area (Å²) in [7, 11) is 0. The van der Waals surface area contributed by atoms with Crippen molar-refractivity contribution < 1.29 is 44.7 Å². The van der Waals surface area contributed by atoms with E-state index in [0.29, 0.717) is 0 Å². The fourth-order valence-electron chi connectivity index (χ4n) is 0. The molecule has 3 heteroatoms. The van der Waals surface area contributed by atoms with E-state index in [2.05, 4.69) is 0 Å². The monoisotopic (exact) mass is 284 g/mol. The van der Waals surface area contributed by atoms with Crippen LogP contribution in [-0.2, 0) is 44.7 Å². The Morgan fingerprint density at radius 1 is 1.25 bits per heavy atom. The standard InChI is InChI=1S/CN.Fe.Hg/c1-2;;/q-1;;. The van der Waals surface area contributed by atoms with E-state index in [0.717, 1.165) is 0 Å². The summed E-state index contributed by atoms with van der Waals surface area (Å²) in [4.78, 5) is 0. The Labute approximate surface area is 56.4 Å². The molecule has 0 aliphatic rings. The third-order valence-electron chi connectivity index (χ3n) is 0. The SMILES string of the molecule is [C-]#N.[Fe].[Hg]. The van der Waals surface area contributed by atoms with Gasteiger partial charge in [-0.3, -0.25) is 0 Å². The molecule has 0 heterocycles. The van der Waals surface area contributed by atoms with E-state index in [-0.39, 0.29) is 44.7 Å². The zero-order valence-electron chi connectivity index (χ0n) is 2.01. The summed E-state index contributed by atoms with van der Waals surface area (Å²) in [6.07, 6.45) is 0. The van der Waals surface area contributed by atoms with E-state index >= 15 is 0 Å². The van der Waals surface area contributed by atoms with Gasteiger partial charge in [0.2, 0.25) is 0 Å². The summed E-state index contributed by atoms with van der Waals surface area (Å²) in [6, 6.07) is 0. The Kier molecular flexibility index (Phi) is 195. The average molecular weight is 282 g/mol. The van der Waals surface area contributed by atoms with E-state index < -0.39 is 0 Å². The summed E-state index contributed by atoms with van der Waals surface area (Å²) in [5.41, 5.74) is 0. The van der Waals surface area contributed by atoms with Crippen molar-refractivity contribution in [1.29, 1.82) is 5.26 Å². The third kappa shape index (κ3) is 12.5. The summed E-state index contributed by atoms with van der Waals surface area (Å²) >= 11 is 0. The maximum atomic E-state index is 6.25. The maximum Gasteiger partial charge on any atom is 0 e. The van der Waals surface area contributed by atoms with Crippen LogP contribution in [-0.4, -0.2) is 0 Å². The molecule has 0 saturated heterocycles. The molecule has 0 atom stereocenters. The Bertz CT molecular complexity index is 12.8. The summed E-state index contributed by atoms with van der Waals surface area (Å²) in [5, 5.41) is 6.25. The molecular formula is CFeHgN-.